The van der Waals surface area contributed by atoms with Gasteiger partial charge in [-0.1, -0.05) is 17.7 Å². The van der Waals surface area contributed by atoms with Crippen molar-refractivity contribution in [2.45, 2.75) is 32.0 Å². The van der Waals surface area contributed by atoms with Crippen LogP contribution in [-0.4, -0.2) is 76.2 Å². The summed E-state index contributed by atoms with van der Waals surface area (Å²) in [6, 6.07) is 8.70. The number of hydrogen-bond acceptors (Lipinski definition) is 5. The predicted molar refractivity (Wildman–Crippen MR) is 100 cm³/mol. The summed E-state index contributed by atoms with van der Waals surface area (Å²) in [4.78, 5) is 4.76. The third-order valence-electron chi connectivity index (χ3n) is 5.53. The number of aliphatic hydroxyl groups excluding tert-OH is 1. The fourth-order valence-corrected chi connectivity index (χ4v) is 4.18. The molecule has 0 saturated carbocycles. The molecule has 3 heterocycles. The molecule has 1 aromatic carbocycles. The van der Waals surface area contributed by atoms with E-state index in [1.54, 1.807) is 6.20 Å². The van der Waals surface area contributed by atoms with E-state index in [-0.39, 0.29) is 12.1 Å². The molecule has 0 unspecified atom stereocenters. The van der Waals surface area contributed by atoms with Gasteiger partial charge in [0.05, 0.1) is 25.0 Å². The van der Waals surface area contributed by atoms with Crippen LogP contribution in [-0.2, 0) is 11.3 Å². The van der Waals surface area contributed by atoms with Crippen LogP contribution in [0.3, 0.4) is 0 Å². The number of piperidine rings is 1. The summed E-state index contributed by atoms with van der Waals surface area (Å²) >= 11 is 0. The Morgan fingerprint density at radius 2 is 2.08 bits per heavy atom. The normalized spacial score (nSPS) is 25.5. The van der Waals surface area contributed by atoms with E-state index in [4.69, 9.17) is 4.74 Å². The highest BCUT2D eigenvalue weighted by Crippen LogP contribution is 2.23. The number of morpholine rings is 1. The lowest BCUT2D eigenvalue weighted by atomic mass is 9.98. The number of aryl methyl sites for hydroxylation is 1. The number of aromatic nitrogens is 2. The van der Waals surface area contributed by atoms with E-state index in [9.17, 15) is 5.11 Å². The van der Waals surface area contributed by atoms with Crippen molar-refractivity contribution >= 4 is 0 Å². The quantitative estimate of drug-likeness (QED) is 0.899. The van der Waals surface area contributed by atoms with E-state index in [2.05, 4.69) is 40.0 Å². The van der Waals surface area contributed by atoms with Gasteiger partial charge >= 0.3 is 0 Å². The van der Waals surface area contributed by atoms with Gasteiger partial charge in [0.2, 0.25) is 0 Å². The maximum atomic E-state index is 10.7. The Hall–Kier alpha value is -1.73. The molecule has 140 valence electrons. The zero-order valence-electron chi connectivity index (χ0n) is 15.4. The summed E-state index contributed by atoms with van der Waals surface area (Å²) in [6.07, 6.45) is 4.48. The Morgan fingerprint density at radius 1 is 1.23 bits per heavy atom. The van der Waals surface area contributed by atoms with Crippen LogP contribution in [0.5, 0.6) is 0 Å². The van der Waals surface area contributed by atoms with Gasteiger partial charge in [-0.05, 0) is 31.0 Å². The Labute approximate surface area is 155 Å². The van der Waals surface area contributed by atoms with Crippen molar-refractivity contribution in [3.8, 4) is 5.69 Å². The lowest BCUT2D eigenvalue weighted by molar-refractivity contribution is -0.0534. The lowest BCUT2D eigenvalue weighted by Gasteiger charge is -2.43. The molecule has 2 aromatic rings. The molecule has 4 rings (SSSR count). The summed E-state index contributed by atoms with van der Waals surface area (Å²) in [5, 5.41) is 15.1. The molecule has 0 bridgehead atoms. The van der Waals surface area contributed by atoms with Crippen molar-refractivity contribution in [3.63, 3.8) is 0 Å². The number of aliphatic hydroxyl groups is 1. The van der Waals surface area contributed by atoms with E-state index in [1.165, 1.54) is 11.1 Å². The highest BCUT2D eigenvalue weighted by atomic mass is 16.5. The lowest BCUT2D eigenvalue weighted by Crippen LogP contribution is -2.56. The smallest absolute Gasteiger partial charge is 0.0822 e. The van der Waals surface area contributed by atoms with Gasteiger partial charge in [0, 0.05) is 51.2 Å². The van der Waals surface area contributed by atoms with Crippen LogP contribution < -0.4 is 0 Å². The van der Waals surface area contributed by atoms with Crippen molar-refractivity contribution in [1.82, 2.24) is 19.6 Å². The second-order valence-electron chi connectivity index (χ2n) is 7.39. The molecule has 2 atom stereocenters. The van der Waals surface area contributed by atoms with Crippen LogP contribution in [0.2, 0.25) is 0 Å². The highest BCUT2D eigenvalue weighted by Gasteiger charge is 2.33. The van der Waals surface area contributed by atoms with E-state index in [0.717, 1.165) is 51.5 Å². The topological polar surface area (TPSA) is 53.8 Å². The van der Waals surface area contributed by atoms with Gasteiger partial charge in [-0.25, -0.2) is 4.68 Å². The van der Waals surface area contributed by atoms with E-state index in [1.807, 2.05) is 16.9 Å². The molecule has 0 amide bonds. The molecule has 26 heavy (non-hydrogen) atoms. The molecule has 2 fully saturated rings. The van der Waals surface area contributed by atoms with Gasteiger partial charge in [-0.2, -0.15) is 5.10 Å². The average Bonchev–Trinajstić information content (AvgIpc) is 3.17. The first-order valence-corrected chi connectivity index (χ1v) is 9.52. The Morgan fingerprint density at radius 3 is 2.81 bits per heavy atom. The SMILES string of the molecule is Cc1ccc(-n2cccn2)c(CN2CC[C@H](N3CCOCC3)[C@@H](O)C2)c1. The summed E-state index contributed by atoms with van der Waals surface area (Å²) in [6.45, 7) is 8.11. The number of nitrogens with zero attached hydrogens (tertiary/aromatic N) is 4. The third kappa shape index (κ3) is 3.83. The van der Waals surface area contributed by atoms with Crippen LogP contribution in [0.15, 0.2) is 36.7 Å². The summed E-state index contributed by atoms with van der Waals surface area (Å²) in [5.74, 6) is 0. The minimum atomic E-state index is -0.306. The molecule has 2 aliphatic rings. The summed E-state index contributed by atoms with van der Waals surface area (Å²) < 4.78 is 7.37. The molecule has 0 radical (unpaired) electrons. The molecule has 0 spiro atoms. The van der Waals surface area contributed by atoms with Crippen molar-refractivity contribution < 1.29 is 9.84 Å². The van der Waals surface area contributed by atoms with Crippen LogP contribution in [0, 0.1) is 6.92 Å². The fraction of sp³-hybridized carbons (Fsp3) is 0.550. The average molecular weight is 356 g/mol. The first-order valence-electron chi connectivity index (χ1n) is 9.52. The van der Waals surface area contributed by atoms with Crippen molar-refractivity contribution in [3.05, 3.63) is 47.8 Å². The third-order valence-corrected chi connectivity index (χ3v) is 5.53. The Balaban J connectivity index is 1.45. The number of rotatable bonds is 4. The molecule has 6 nitrogen and oxygen atoms in total. The maximum Gasteiger partial charge on any atom is 0.0822 e. The molecule has 2 aliphatic heterocycles. The molecule has 0 aliphatic carbocycles. The van der Waals surface area contributed by atoms with E-state index >= 15 is 0 Å². The minimum absolute atomic E-state index is 0.262. The molecular formula is C20H28N4O2. The van der Waals surface area contributed by atoms with Crippen LogP contribution in [0.25, 0.3) is 5.69 Å². The zero-order valence-corrected chi connectivity index (χ0v) is 15.4. The monoisotopic (exact) mass is 356 g/mol. The first kappa shape index (κ1) is 17.7. The minimum Gasteiger partial charge on any atom is -0.390 e. The standard InChI is InChI=1S/C20H28N4O2/c1-16-3-4-18(24-7-2-6-21-24)17(13-16)14-22-8-5-19(20(25)15-22)23-9-11-26-12-10-23/h2-4,6-7,13,19-20,25H,5,8-12,14-15H2,1H3/t19-,20-/m0/s1. The van der Waals surface area contributed by atoms with Gasteiger partial charge in [0.15, 0.2) is 0 Å². The van der Waals surface area contributed by atoms with Gasteiger partial charge in [0.25, 0.3) is 0 Å². The van der Waals surface area contributed by atoms with Gasteiger partial charge in [-0.15, -0.1) is 0 Å². The second kappa shape index (κ2) is 7.88. The largest absolute Gasteiger partial charge is 0.390 e. The number of β-amino-alcohol motifs (C(OH)–C–C–N with tert-alkyl or cyclic N) is 1. The number of likely N-dealkylation sites (tertiary alicyclic amines) is 1. The van der Waals surface area contributed by atoms with Gasteiger partial charge in [0.1, 0.15) is 0 Å². The first-order chi connectivity index (χ1) is 12.7. The van der Waals surface area contributed by atoms with Crippen molar-refractivity contribution in [2.24, 2.45) is 0 Å². The molecule has 6 heteroatoms. The van der Waals surface area contributed by atoms with E-state index in [0.29, 0.717) is 6.54 Å². The van der Waals surface area contributed by atoms with Crippen molar-refractivity contribution in [2.75, 3.05) is 39.4 Å². The molecular weight excluding hydrogens is 328 g/mol. The van der Waals surface area contributed by atoms with Crippen LogP contribution in [0.4, 0.5) is 0 Å². The predicted octanol–water partition coefficient (Wildman–Crippen LogP) is 1.45. The fourth-order valence-electron chi connectivity index (χ4n) is 4.18. The molecule has 1 aromatic heterocycles. The Kier molecular flexibility index (Phi) is 5.36. The van der Waals surface area contributed by atoms with E-state index < -0.39 is 0 Å². The Bertz CT molecular complexity index is 713. The number of benzene rings is 1. The van der Waals surface area contributed by atoms with Crippen LogP contribution >= 0.6 is 0 Å². The summed E-state index contributed by atoms with van der Waals surface area (Å²) in [5.41, 5.74) is 3.62. The van der Waals surface area contributed by atoms with Gasteiger partial charge in [-0.3, -0.25) is 9.80 Å². The van der Waals surface area contributed by atoms with Crippen LogP contribution in [0.1, 0.15) is 17.5 Å². The molecule has 1 N–H and O–H groups in total. The second-order valence-corrected chi connectivity index (χ2v) is 7.39. The van der Waals surface area contributed by atoms with Crippen molar-refractivity contribution in [1.29, 1.82) is 0 Å². The summed E-state index contributed by atoms with van der Waals surface area (Å²) in [7, 11) is 0. The zero-order chi connectivity index (χ0) is 17.9. The molecule has 2 saturated heterocycles. The highest BCUT2D eigenvalue weighted by molar-refractivity contribution is 5.42. The van der Waals surface area contributed by atoms with Gasteiger partial charge < -0.3 is 9.84 Å². The maximum absolute atomic E-state index is 10.7. The number of ether oxygens (including phenoxy) is 1. The number of hydrogen-bond donors (Lipinski definition) is 1.